The molecule has 3 rings (SSSR count). The molecule has 0 atom stereocenters. The fourth-order valence-corrected chi connectivity index (χ4v) is 3.19. The van der Waals surface area contributed by atoms with E-state index in [-0.39, 0.29) is 5.91 Å². The Morgan fingerprint density at radius 3 is 2.80 bits per heavy atom. The summed E-state index contributed by atoms with van der Waals surface area (Å²) in [5.41, 5.74) is 2.64. The fraction of sp³-hybridized carbons (Fsp3) is 0.421. The molecule has 1 saturated heterocycles. The topological polar surface area (TPSA) is 49.3 Å². The van der Waals surface area contributed by atoms with E-state index in [4.69, 9.17) is 11.6 Å². The standard InChI is InChI=1S/C19H23ClN4O/c1-15-4-2-5-17(22-15)8-11-23-9-3-10-24(13-12-23)19(25)18-7-6-16(20)14-21-18/h2,4-7,14H,3,8-13H2,1H3. The van der Waals surface area contributed by atoms with Gasteiger partial charge in [0.25, 0.3) is 5.91 Å². The highest BCUT2D eigenvalue weighted by atomic mass is 35.5. The molecule has 0 aliphatic carbocycles. The van der Waals surface area contributed by atoms with Crippen LogP contribution in [0.2, 0.25) is 5.02 Å². The lowest BCUT2D eigenvalue weighted by molar-refractivity contribution is 0.0755. The van der Waals surface area contributed by atoms with E-state index in [2.05, 4.69) is 27.0 Å². The van der Waals surface area contributed by atoms with Crippen LogP contribution in [0.3, 0.4) is 0 Å². The molecule has 0 aromatic carbocycles. The summed E-state index contributed by atoms with van der Waals surface area (Å²) in [6.45, 7) is 6.36. The second-order valence-electron chi connectivity index (χ2n) is 6.37. The zero-order valence-corrected chi connectivity index (χ0v) is 15.2. The van der Waals surface area contributed by atoms with Crippen LogP contribution >= 0.6 is 11.6 Å². The summed E-state index contributed by atoms with van der Waals surface area (Å²) in [6, 6.07) is 9.55. The lowest BCUT2D eigenvalue weighted by Crippen LogP contribution is -2.36. The zero-order valence-electron chi connectivity index (χ0n) is 14.5. The third-order valence-electron chi connectivity index (χ3n) is 4.45. The maximum atomic E-state index is 12.6. The van der Waals surface area contributed by atoms with Crippen LogP contribution in [0.15, 0.2) is 36.5 Å². The predicted octanol–water partition coefficient (Wildman–Crippen LogP) is 2.83. The number of amides is 1. The Kier molecular flexibility index (Phi) is 6.00. The van der Waals surface area contributed by atoms with Gasteiger partial charge in [-0.3, -0.25) is 9.78 Å². The molecule has 6 heteroatoms. The van der Waals surface area contributed by atoms with E-state index in [1.54, 1.807) is 12.1 Å². The van der Waals surface area contributed by atoms with Gasteiger partial charge < -0.3 is 9.80 Å². The molecular formula is C19H23ClN4O. The van der Waals surface area contributed by atoms with Crippen molar-refractivity contribution in [3.8, 4) is 0 Å². The molecule has 25 heavy (non-hydrogen) atoms. The van der Waals surface area contributed by atoms with Crippen molar-refractivity contribution in [2.45, 2.75) is 19.8 Å². The summed E-state index contributed by atoms with van der Waals surface area (Å²) in [6.07, 6.45) is 3.43. The molecular weight excluding hydrogens is 336 g/mol. The molecule has 1 aliphatic heterocycles. The van der Waals surface area contributed by atoms with Crippen molar-refractivity contribution in [1.82, 2.24) is 19.8 Å². The van der Waals surface area contributed by atoms with E-state index in [1.807, 2.05) is 17.9 Å². The minimum atomic E-state index is -0.0149. The van der Waals surface area contributed by atoms with Crippen molar-refractivity contribution in [3.05, 3.63) is 58.6 Å². The van der Waals surface area contributed by atoms with Crippen molar-refractivity contribution in [2.75, 3.05) is 32.7 Å². The lowest BCUT2D eigenvalue weighted by atomic mass is 10.2. The van der Waals surface area contributed by atoms with Crippen LogP contribution < -0.4 is 0 Å². The van der Waals surface area contributed by atoms with Crippen LogP contribution in [0.25, 0.3) is 0 Å². The smallest absolute Gasteiger partial charge is 0.272 e. The van der Waals surface area contributed by atoms with Gasteiger partial charge in [-0.25, -0.2) is 4.98 Å². The van der Waals surface area contributed by atoms with E-state index in [9.17, 15) is 4.79 Å². The van der Waals surface area contributed by atoms with Crippen molar-refractivity contribution in [1.29, 1.82) is 0 Å². The number of carbonyl (C=O) groups is 1. The van der Waals surface area contributed by atoms with Crippen LogP contribution in [-0.4, -0.2) is 58.4 Å². The largest absolute Gasteiger partial charge is 0.336 e. The normalized spacial score (nSPS) is 15.8. The number of aromatic nitrogens is 2. The Bertz CT molecular complexity index is 720. The monoisotopic (exact) mass is 358 g/mol. The third kappa shape index (κ3) is 5.00. The highest BCUT2D eigenvalue weighted by molar-refractivity contribution is 6.30. The molecule has 132 valence electrons. The third-order valence-corrected chi connectivity index (χ3v) is 4.68. The quantitative estimate of drug-likeness (QED) is 0.843. The van der Waals surface area contributed by atoms with Crippen molar-refractivity contribution >= 4 is 17.5 Å². The highest BCUT2D eigenvalue weighted by Gasteiger charge is 2.21. The van der Waals surface area contributed by atoms with E-state index in [0.717, 1.165) is 57.0 Å². The molecule has 1 fully saturated rings. The molecule has 0 spiro atoms. The van der Waals surface area contributed by atoms with Crippen LogP contribution in [-0.2, 0) is 6.42 Å². The number of aryl methyl sites for hydroxylation is 1. The number of rotatable bonds is 4. The first-order valence-electron chi connectivity index (χ1n) is 8.67. The molecule has 2 aromatic rings. The maximum Gasteiger partial charge on any atom is 0.272 e. The summed E-state index contributed by atoms with van der Waals surface area (Å²) in [5.74, 6) is -0.0149. The Balaban J connectivity index is 1.53. The predicted molar refractivity (Wildman–Crippen MR) is 98.9 cm³/mol. The first kappa shape index (κ1) is 17.8. The Hall–Kier alpha value is -1.98. The van der Waals surface area contributed by atoms with Crippen LogP contribution in [0.4, 0.5) is 0 Å². The molecule has 2 aromatic heterocycles. The van der Waals surface area contributed by atoms with Gasteiger partial charge in [-0.15, -0.1) is 0 Å². The van der Waals surface area contributed by atoms with Crippen molar-refractivity contribution < 1.29 is 4.79 Å². The Labute approximate surface area is 153 Å². The number of hydrogen-bond acceptors (Lipinski definition) is 4. The molecule has 0 N–H and O–H groups in total. The van der Waals surface area contributed by atoms with E-state index < -0.39 is 0 Å². The van der Waals surface area contributed by atoms with Crippen LogP contribution in [0.1, 0.15) is 28.3 Å². The van der Waals surface area contributed by atoms with Gasteiger partial charge in [0.05, 0.1) is 5.02 Å². The van der Waals surface area contributed by atoms with E-state index >= 15 is 0 Å². The summed E-state index contributed by atoms with van der Waals surface area (Å²) < 4.78 is 0. The van der Waals surface area contributed by atoms with Gasteiger partial charge in [-0.05, 0) is 44.2 Å². The summed E-state index contributed by atoms with van der Waals surface area (Å²) in [5, 5.41) is 0.545. The number of pyridine rings is 2. The molecule has 5 nitrogen and oxygen atoms in total. The Morgan fingerprint density at radius 2 is 2.04 bits per heavy atom. The number of hydrogen-bond donors (Lipinski definition) is 0. The van der Waals surface area contributed by atoms with Gasteiger partial charge in [-0.2, -0.15) is 0 Å². The number of nitrogens with zero attached hydrogens (tertiary/aromatic N) is 4. The molecule has 1 amide bonds. The summed E-state index contributed by atoms with van der Waals surface area (Å²) in [4.78, 5) is 25.6. The molecule has 0 unspecified atom stereocenters. The first-order chi connectivity index (χ1) is 12.1. The number of carbonyl (C=O) groups excluding carboxylic acids is 1. The second-order valence-corrected chi connectivity index (χ2v) is 6.81. The number of halogens is 1. The van der Waals surface area contributed by atoms with Crippen molar-refractivity contribution in [3.63, 3.8) is 0 Å². The zero-order chi connectivity index (χ0) is 17.6. The van der Waals surface area contributed by atoms with Gasteiger partial charge in [0, 0.05) is 50.2 Å². The Morgan fingerprint density at radius 1 is 1.16 bits per heavy atom. The summed E-state index contributed by atoms with van der Waals surface area (Å²) >= 11 is 5.84. The average Bonchev–Trinajstić information content (AvgIpc) is 2.86. The average molecular weight is 359 g/mol. The second kappa shape index (κ2) is 8.41. The maximum absolute atomic E-state index is 12.6. The molecule has 1 aliphatic rings. The molecule has 0 bridgehead atoms. The molecule has 3 heterocycles. The van der Waals surface area contributed by atoms with Crippen LogP contribution in [0, 0.1) is 6.92 Å². The molecule has 0 saturated carbocycles. The SMILES string of the molecule is Cc1cccc(CCN2CCCN(C(=O)c3ccc(Cl)cn3)CC2)n1. The summed E-state index contributed by atoms with van der Waals surface area (Å²) in [7, 11) is 0. The fourth-order valence-electron chi connectivity index (χ4n) is 3.07. The van der Waals surface area contributed by atoms with Gasteiger partial charge in [0.15, 0.2) is 0 Å². The van der Waals surface area contributed by atoms with Gasteiger partial charge in [-0.1, -0.05) is 17.7 Å². The van der Waals surface area contributed by atoms with Gasteiger partial charge in [0.2, 0.25) is 0 Å². The first-order valence-corrected chi connectivity index (χ1v) is 9.05. The highest BCUT2D eigenvalue weighted by Crippen LogP contribution is 2.11. The molecule has 0 radical (unpaired) electrons. The van der Waals surface area contributed by atoms with Gasteiger partial charge >= 0.3 is 0 Å². The van der Waals surface area contributed by atoms with Gasteiger partial charge in [0.1, 0.15) is 5.69 Å². The van der Waals surface area contributed by atoms with Crippen molar-refractivity contribution in [2.24, 2.45) is 0 Å². The minimum Gasteiger partial charge on any atom is -0.336 e. The minimum absolute atomic E-state index is 0.0149. The van der Waals surface area contributed by atoms with Crippen LogP contribution in [0.5, 0.6) is 0 Å². The lowest BCUT2D eigenvalue weighted by Gasteiger charge is -2.21. The van der Waals surface area contributed by atoms with E-state index in [0.29, 0.717) is 10.7 Å². The van der Waals surface area contributed by atoms with E-state index in [1.165, 1.54) is 6.20 Å².